The summed E-state index contributed by atoms with van der Waals surface area (Å²) in [5.41, 5.74) is -0.392. The van der Waals surface area contributed by atoms with Gasteiger partial charge in [0.1, 0.15) is 5.60 Å². The van der Waals surface area contributed by atoms with E-state index in [1.807, 2.05) is 41.5 Å². The lowest BCUT2D eigenvalue weighted by molar-refractivity contribution is 0.0476. The molecule has 0 fully saturated rings. The Kier molecular flexibility index (Phi) is 11.9. The molecule has 166 valence electrons. The molecule has 0 radical (unpaired) electrons. The Bertz CT molecular complexity index is 661. The van der Waals surface area contributed by atoms with Gasteiger partial charge in [-0.1, -0.05) is 23.7 Å². The Hall–Kier alpha value is -1.26. The van der Waals surface area contributed by atoms with Crippen LogP contribution in [0, 0.1) is 0 Å². The number of alkyl carbamates (subject to hydrolysis) is 1. The van der Waals surface area contributed by atoms with E-state index in [1.165, 1.54) is 0 Å². The van der Waals surface area contributed by atoms with Crippen LogP contribution in [-0.2, 0) is 4.74 Å². The minimum Gasteiger partial charge on any atom is -0.444 e. The van der Waals surface area contributed by atoms with Crippen LogP contribution in [0.3, 0.4) is 0 Å². The molecule has 1 rings (SSSR count). The van der Waals surface area contributed by atoms with Gasteiger partial charge >= 0.3 is 6.09 Å². The van der Waals surface area contributed by atoms with E-state index in [-0.39, 0.29) is 30.5 Å². The zero-order valence-corrected chi connectivity index (χ0v) is 21.1. The van der Waals surface area contributed by atoms with Gasteiger partial charge in [0.05, 0.1) is 18.2 Å². The number of nitrogens with one attached hydrogen (secondary N) is 3. The Morgan fingerprint density at radius 1 is 1.17 bits per heavy atom. The van der Waals surface area contributed by atoms with E-state index >= 15 is 0 Å². The summed E-state index contributed by atoms with van der Waals surface area (Å²) in [4.78, 5) is 16.5. The first-order valence-corrected chi connectivity index (χ1v) is 9.76. The van der Waals surface area contributed by atoms with Crippen LogP contribution in [-0.4, -0.2) is 47.9 Å². The number of nitrogens with zero attached hydrogens (tertiary/aromatic N) is 1. The summed E-state index contributed by atoms with van der Waals surface area (Å²) in [6.07, 6.45) is -1.18. The highest BCUT2D eigenvalue weighted by Crippen LogP contribution is 2.15. The quantitative estimate of drug-likeness (QED) is 0.239. The van der Waals surface area contributed by atoms with Crippen molar-refractivity contribution in [2.45, 2.75) is 58.8 Å². The lowest BCUT2D eigenvalue weighted by atomic mass is 10.1. The van der Waals surface area contributed by atoms with Crippen molar-refractivity contribution < 1.29 is 14.6 Å². The van der Waals surface area contributed by atoms with E-state index in [0.717, 1.165) is 5.56 Å². The fourth-order valence-electron chi connectivity index (χ4n) is 2.23. The second-order valence-electron chi connectivity index (χ2n) is 8.15. The van der Waals surface area contributed by atoms with Crippen LogP contribution < -0.4 is 16.0 Å². The summed E-state index contributed by atoms with van der Waals surface area (Å²) in [6, 6.07) is 7.05. The van der Waals surface area contributed by atoms with Crippen molar-refractivity contribution in [3.8, 4) is 0 Å². The number of rotatable bonds is 7. The molecule has 0 spiro atoms. The van der Waals surface area contributed by atoms with Crippen molar-refractivity contribution in [1.29, 1.82) is 0 Å². The third kappa shape index (κ3) is 12.1. The Balaban J connectivity index is 0.00000784. The Morgan fingerprint density at radius 2 is 1.76 bits per heavy atom. The number of aliphatic imine (C=N–C) groups is 1. The van der Waals surface area contributed by atoms with Crippen LogP contribution in [0.5, 0.6) is 0 Å². The number of halogens is 2. The molecule has 7 nitrogen and oxygen atoms in total. The van der Waals surface area contributed by atoms with Gasteiger partial charge in [0, 0.05) is 18.1 Å². The second-order valence-corrected chi connectivity index (χ2v) is 8.59. The average Bonchev–Trinajstić information content (AvgIpc) is 2.55. The van der Waals surface area contributed by atoms with Gasteiger partial charge in [-0.2, -0.15) is 0 Å². The fourth-order valence-corrected chi connectivity index (χ4v) is 2.36. The number of aliphatic hydroxyl groups excluding tert-OH is 1. The van der Waals surface area contributed by atoms with Crippen LogP contribution in [0.1, 0.15) is 53.2 Å². The van der Waals surface area contributed by atoms with E-state index in [1.54, 1.807) is 24.3 Å². The number of hydrogen-bond acceptors (Lipinski definition) is 4. The van der Waals surface area contributed by atoms with Crippen LogP contribution in [0.25, 0.3) is 0 Å². The van der Waals surface area contributed by atoms with Crippen molar-refractivity contribution in [3.63, 3.8) is 0 Å². The third-order valence-electron chi connectivity index (χ3n) is 3.53. The highest BCUT2D eigenvalue weighted by molar-refractivity contribution is 14.0. The van der Waals surface area contributed by atoms with Gasteiger partial charge in [0.2, 0.25) is 0 Å². The number of hydrogen-bond donors (Lipinski definition) is 4. The highest BCUT2D eigenvalue weighted by Gasteiger charge is 2.24. The van der Waals surface area contributed by atoms with Gasteiger partial charge in [0.25, 0.3) is 0 Å². The van der Waals surface area contributed by atoms with E-state index in [0.29, 0.717) is 24.1 Å². The molecule has 0 saturated carbocycles. The largest absolute Gasteiger partial charge is 0.444 e. The van der Waals surface area contributed by atoms with Crippen molar-refractivity contribution in [3.05, 3.63) is 34.9 Å². The number of ether oxygens (including phenoxy) is 1. The van der Waals surface area contributed by atoms with Crippen molar-refractivity contribution in [1.82, 2.24) is 16.0 Å². The topological polar surface area (TPSA) is 95.0 Å². The zero-order chi connectivity index (χ0) is 21.4. The summed E-state index contributed by atoms with van der Waals surface area (Å²) < 4.78 is 5.29. The molecule has 1 aromatic carbocycles. The standard InChI is InChI=1S/C20H33ClN4O3.HI/c1-7-22-17(23-12-16(26)14-8-10-15(21)11-9-14)24-13-20(5,6)25-18(27)28-19(2,3)4;/h8-11,16,26H,7,12-13H2,1-6H3,(H,25,27)(H2,22,23,24);1H. The van der Waals surface area contributed by atoms with Crippen molar-refractivity contribution in [2.75, 3.05) is 19.6 Å². The van der Waals surface area contributed by atoms with Gasteiger partial charge < -0.3 is 25.8 Å². The molecule has 1 amide bonds. The minimum absolute atomic E-state index is 0. The van der Waals surface area contributed by atoms with E-state index < -0.39 is 23.3 Å². The molecule has 0 heterocycles. The molecule has 9 heteroatoms. The lowest BCUT2D eigenvalue weighted by Crippen LogP contribution is -2.49. The summed E-state index contributed by atoms with van der Waals surface area (Å²) in [6.45, 7) is 12.4. The first-order valence-electron chi connectivity index (χ1n) is 9.39. The summed E-state index contributed by atoms with van der Waals surface area (Å²) in [5, 5.41) is 20.0. The molecule has 1 aromatic rings. The predicted octanol–water partition coefficient (Wildman–Crippen LogP) is 3.85. The van der Waals surface area contributed by atoms with Crippen molar-refractivity contribution in [2.24, 2.45) is 4.99 Å². The molecule has 0 saturated heterocycles. The maximum atomic E-state index is 12.0. The smallest absolute Gasteiger partial charge is 0.408 e. The molecular weight excluding hydrogens is 507 g/mol. The number of carbonyl (C=O) groups excluding carboxylic acids is 1. The fraction of sp³-hybridized carbons (Fsp3) is 0.600. The van der Waals surface area contributed by atoms with Crippen LogP contribution in [0.2, 0.25) is 5.02 Å². The number of benzene rings is 1. The van der Waals surface area contributed by atoms with Crippen LogP contribution >= 0.6 is 35.6 Å². The van der Waals surface area contributed by atoms with Gasteiger partial charge in [-0.3, -0.25) is 4.99 Å². The normalized spacial score (nSPS) is 13.2. The number of amides is 1. The summed E-state index contributed by atoms with van der Waals surface area (Å²) in [7, 11) is 0. The predicted molar refractivity (Wildman–Crippen MR) is 129 cm³/mol. The van der Waals surface area contributed by atoms with E-state index in [2.05, 4.69) is 20.9 Å². The monoisotopic (exact) mass is 540 g/mol. The first-order chi connectivity index (χ1) is 12.9. The summed E-state index contributed by atoms with van der Waals surface area (Å²) in [5.74, 6) is 0.551. The zero-order valence-electron chi connectivity index (χ0n) is 18.0. The molecule has 4 N–H and O–H groups in total. The molecule has 1 atom stereocenters. The third-order valence-corrected chi connectivity index (χ3v) is 3.79. The van der Waals surface area contributed by atoms with Crippen molar-refractivity contribution >= 4 is 47.6 Å². The highest BCUT2D eigenvalue weighted by atomic mass is 127. The average molecular weight is 541 g/mol. The number of aliphatic hydroxyl groups is 1. The maximum absolute atomic E-state index is 12.0. The van der Waals surface area contributed by atoms with E-state index in [9.17, 15) is 9.90 Å². The summed E-state index contributed by atoms with van der Waals surface area (Å²) >= 11 is 5.88. The second kappa shape index (κ2) is 12.4. The molecule has 0 aromatic heterocycles. The molecule has 1 unspecified atom stereocenters. The van der Waals surface area contributed by atoms with E-state index in [4.69, 9.17) is 16.3 Å². The minimum atomic E-state index is -0.700. The number of guanidine groups is 1. The molecule has 0 aliphatic carbocycles. The first kappa shape index (κ1) is 27.7. The van der Waals surface area contributed by atoms with Crippen LogP contribution in [0.15, 0.2) is 29.3 Å². The SMILES string of the molecule is CCNC(=NCC(C)(C)NC(=O)OC(C)(C)C)NCC(O)c1ccc(Cl)cc1.I. The van der Waals surface area contributed by atoms with Gasteiger partial charge in [0.15, 0.2) is 5.96 Å². The van der Waals surface area contributed by atoms with Gasteiger partial charge in [-0.05, 0) is 59.2 Å². The maximum Gasteiger partial charge on any atom is 0.408 e. The molecule has 29 heavy (non-hydrogen) atoms. The Morgan fingerprint density at radius 3 is 2.28 bits per heavy atom. The Labute approximate surface area is 196 Å². The lowest BCUT2D eigenvalue weighted by Gasteiger charge is -2.27. The molecule has 0 aliphatic rings. The molecule has 0 aliphatic heterocycles. The molecule has 0 bridgehead atoms. The van der Waals surface area contributed by atoms with Gasteiger partial charge in [-0.25, -0.2) is 4.79 Å². The van der Waals surface area contributed by atoms with Crippen LogP contribution in [0.4, 0.5) is 4.79 Å². The van der Waals surface area contributed by atoms with Gasteiger partial charge in [-0.15, -0.1) is 24.0 Å². The number of carbonyl (C=O) groups is 1. The molecular formula is C20H34ClIN4O3.